The van der Waals surface area contributed by atoms with Crippen LogP contribution < -0.4 is 16.0 Å². The molecule has 6 heteroatoms. The first kappa shape index (κ1) is 15.1. The van der Waals surface area contributed by atoms with Crippen molar-refractivity contribution in [2.45, 2.75) is 19.8 Å². The van der Waals surface area contributed by atoms with Crippen molar-refractivity contribution in [3.8, 4) is 0 Å². The van der Waals surface area contributed by atoms with Gasteiger partial charge in [-0.25, -0.2) is 9.69 Å². The summed E-state index contributed by atoms with van der Waals surface area (Å²) in [7, 11) is 0. The lowest BCUT2D eigenvalue weighted by Gasteiger charge is -2.20. The van der Waals surface area contributed by atoms with Gasteiger partial charge >= 0.3 is 6.03 Å². The number of nitrogens with two attached hydrogens (primary N) is 1. The van der Waals surface area contributed by atoms with Gasteiger partial charge in [0.25, 0.3) is 0 Å². The zero-order valence-electron chi connectivity index (χ0n) is 12.0. The molecule has 0 spiro atoms. The Kier molecular flexibility index (Phi) is 4.94. The van der Waals surface area contributed by atoms with Crippen LogP contribution in [-0.4, -0.2) is 25.2 Å². The molecule has 21 heavy (non-hydrogen) atoms. The van der Waals surface area contributed by atoms with E-state index in [1.807, 2.05) is 0 Å². The second-order valence-electron chi connectivity index (χ2n) is 4.81. The van der Waals surface area contributed by atoms with E-state index >= 15 is 0 Å². The summed E-state index contributed by atoms with van der Waals surface area (Å²) in [6, 6.07) is 6.16. The summed E-state index contributed by atoms with van der Waals surface area (Å²) in [5.74, 6) is -0.372. The summed E-state index contributed by atoms with van der Waals surface area (Å²) in [6.07, 6.45) is 3.24. The minimum atomic E-state index is -0.493. The van der Waals surface area contributed by atoms with Gasteiger partial charge in [0, 0.05) is 18.8 Å². The molecular formula is C15H19N3O3. The van der Waals surface area contributed by atoms with E-state index in [1.54, 1.807) is 30.5 Å². The number of urea groups is 1. The number of imide groups is 1. The molecule has 0 aromatic heterocycles. The minimum Gasteiger partial charge on any atom is -0.399 e. The number of benzene rings is 1. The van der Waals surface area contributed by atoms with Gasteiger partial charge in [0.1, 0.15) is 0 Å². The lowest BCUT2D eigenvalue weighted by molar-refractivity contribution is -0.115. The first-order valence-corrected chi connectivity index (χ1v) is 6.80. The summed E-state index contributed by atoms with van der Waals surface area (Å²) < 4.78 is 5.24. The summed E-state index contributed by atoms with van der Waals surface area (Å²) in [5.41, 5.74) is 7.74. The predicted molar refractivity (Wildman–Crippen MR) is 80.7 cm³/mol. The van der Waals surface area contributed by atoms with Crippen LogP contribution in [0.5, 0.6) is 0 Å². The molecule has 1 saturated heterocycles. The van der Waals surface area contributed by atoms with Crippen molar-refractivity contribution < 1.29 is 14.3 Å². The summed E-state index contributed by atoms with van der Waals surface area (Å²) in [6.45, 7) is 2.66. The van der Waals surface area contributed by atoms with Gasteiger partial charge in [-0.15, -0.1) is 0 Å². The molecule has 3 N–H and O–H groups in total. The molecule has 1 aliphatic heterocycles. The lowest BCUT2D eigenvalue weighted by atomic mass is 10.1. The Bertz CT molecular complexity index is 561. The zero-order valence-corrected chi connectivity index (χ0v) is 12.0. The molecule has 0 saturated carbocycles. The molecule has 0 bridgehead atoms. The number of hydrogen-bond acceptors (Lipinski definition) is 4. The Hall–Kier alpha value is -2.34. The largest absolute Gasteiger partial charge is 0.399 e. The van der Waals surface area contributed by atoms with E-state index in [-0.39, 0.29) is 5.91 Å². The number of nitrogen functional groups attached to an aromatic ring is 1. The van der Waals surface area contributed by atoms with Gasteiger partial charge in [-0.3, -0.25) is 4.79 Å². The van der Waals surface area contributed by atoms with Crippen LogP contribution in [0.4, 0.5) is 16.2 Å². The highest BCUT2D eigenvalue weighted by Gasteiger charge is 2.19. The fraction of sp³-hybridized carbons (Fsp3) is 0.333. The molecule has 2 rings (SSSR count). The number of carbonyl (C=O) groups excluding carboxylic acids is 2. The average Bonchev–Trinajstić information content (AvgIpc) is 2.46. The van der Waals surface area contributed by atoms with E-state index in [4.69, 9.17) is 10.5 Å². The quantitative estimate of drug-likeness (QED) is 0.816. The van der Waals surface area contributed by atoms with Gasteiger partial charge < -0.3 is 15.8 Å². The molecule has 1 fully saturated rings. The monoisotopic (exact) mass is 289 g/mol. The SMILES string of the molecule is CC(=O)N(C(=O)NC=C1CCOCC1)c1cccc(N)c1. The number of carbonyl (C=O) groups is 2. The molecule has 1 aliphatic rings. The van der Waals surface area contributed by atoms with Gasteiger partial charge in [0.2, 0.25) is 5.91 Å². The van der Waals surface area contributed by atoms with Crippen molar-refractivity contribution in [2.24, 2.45) is 0 Å². The molecule has 1 heterocycles. The van der Waals surface area contributed by atoms with Crippen LogP contribution in [-0.2, 0) is 9.53 Å². The van der Waals surface area contributed by atoms with E-state index in [0.717, 1.165) is 23.3 Å². The van der Waals surface area contributed by atoms with Crippen LogP contribution in [0.1, 0.15) is 19.8 Å². The molecule has 3 amide bonds. The molecule has 0 radical (unpaired) electrons. The maximum atomic E-state index is 12.2. The van der Waals surface area contributed by atoms with Gasteiger partial charge in [-0.05, 0) is 36.6 Å². The highest BCUT2D eigenvalue weighted by Crippen LogP contribution is 2.18. The number of hydrogen-bond donors (Lipinski definition) is 2. The second-order valence-corrected chi connectivity index (χ2v) is 4.81. The van der Waals surface area contributed by atoms with Crippen LogP contribution in [0, 0.1) is 0 Å². The lowest BCUT2D eigenvalue weighted by Crippen LogP contribution is -2.41. The normalized spacial score (nSPS) is 14.4. The van der Waals surface area contributed by atoms with Crippen LogP contribution >= 0.6 is 0 Å². The summed E-state index contributed by atoms with van der Waals surface area (Å²) in [4.78, 5) is 25.0. The van der Waals surface area contributed by atoms with E-state index in [0.29, 0.717) is 24.6 Å². The van der Waals surface area contributed by atoms with E-state index in [2.05, 4.69) is 5.32 Å². The van der Waals surface area contributed by atoms with Crippen molar-refractivity contribution >= 4 is 23.3 Å². The molecule has 1 aromatic carbocycles. The van der Waals surface area contributed by atoms with Crippen molar-refractivity contribution in [1.82, 2.24) is 5.32 Å². The van der Waals surface area contributed by atoms with Crippen LogP contribution in [0.2, 0.25) is 0 Å². The van der Waals surface area contributed by atoms with Crippen LogP contribution in [0.15, 0.2) is 36.0 Å². The number of amides is 3. The van der Waals surface area contributed by atoms with Crippen molar-refractivity contribution in [1.29, 1.82) is 0 Å². The molecule has 6 nitrogen and oxygen atoms in total. The third-order valence-corrected chi connectivity index (χ3v) is 3.18. The standard InChI is InChI=1S/C15H19N3O3/c1-11(19)18(14-4-2-3-13(16)9-14)15(20)17-10-12-5-7-21-8-6-12/h2-4,9-10H,5-8,16H2,1H3,(H,17,20). The Balaban J connectivity index is 2.11. The van der Waals surface area contributed by atoms with Gasteiger partial charge in [-0.2, -0.15) is 0 Å². The fourth-order valence-electron chi connectivity index (χ4n) is 2.11. The van der Waals surface area contributed by atoms with Gasteiger partial charge in [-0.1, -0.05) is 6.07 Å². The molecular weight excluding hydrogens is 270 g/mol. The first-order valence-electron chi connectivity index (χ1n) is 6.80. The van der Waals surface area contributed by atoms with Gasteiger partial charge in [0.05, 0.1) is 18.9 Å². The Morgan fingerprint density at radius 2 is 2.05 bits per heavy atom. The first-order chi connectivity index (χ1) is 10.1. The minimum absolute atomic E-state index is 0.372. The van der Waals surface area contributed by atoms with Crippen molar-refractivity contribution in [3.63, 3.8) is 0 Å². The zero-order chi connectivity index (χ0) is 15.2. The van der Waals surface area contributed by atoms with E-state index < -0.39 is 6.03 Å². The summed E-state index contributed by atoms with van der Waals surface area (Å²) >= 11 is 0. The summed E-state index contributed by atoms with van der Waals surface area (Å²) in [5, 5.41) is 2.66. The Labute approximate surface area is 123 Å². The molecule has 1 aromatic rings. The second kappa shape index (κ2) is 6.90. The third-order valence-electron chi connectivity index (χ3n) is 3.18. The maximum Gasteiger partial charge on any atom is 0.332 e. The fourth-order valence-corrected chi connectivity index (χ4v) is 2.11. The van der Waals surface area contributed by atoms with Crippen molar-refractivity contribution in [3.05, 3.63) is 36.0 Å². The van der Waals surface area contributed by atoms with E-state index in [1.165, 1.54) is 6.92 Å². The maximum absolute atomic E-state index is 12.2. The number of anilines is 2. The average molecular weight is 289 g/mol. The molecule has 0 atom stereocenters. The smallest absolute Gasteiger partial charge is 0.332 e. The van der Waals surface area contributed by atoms with Gasteiger partial charge in [0.15, 0.2) is 0 Å². The number of ether oxygens (including phenoxy) is 1. The number of rotatable bonds is 2. The predicted octanol–water partition coefficient (Wildman–Crippen LogP) is 2.03. The molecule has 0 aliphatic carbocycles. The highest BCUT2D eigenvalue weighted by atomic mass is 16.5. The Morgan fingerprint density at radius 3 is 2.67 bits per heavy atom. The Morgan fingerprint density at radius 1 is 1.33 bits per heavy atom. The number of nitrogens with zero attached hydrogens (tertiary/aromatic N) is 1. The van der Waals surface area contributed by atoms with Crippen LogP contribution in [0.3, 0.4) is 0 Å². The van der Waals surface area contributed by atoms with Crippen molar-refractivity contribution in [2.75, 3.05) is 23.8 Å². The molecule has 112 valence electrons. The third kappa shape index (κ3) is 4.06. The topological polar surface area (TPSA) is 84.7 Å². The number of nitrogens with one attached hydrogen (secondary N) is 1. The molecule has 0 unspecified atom stereocenters. The van der Waals surface area contributed by atoms with Crippen LogP contribution in [0.25, 0.3) is 0 Å². The van der Waals surface area contributed by atoms with E-state index in [9.17, 15) is 9.59 Å². The highest BCUT2D eigenvalue weighted by molar-refractivity contribution is 6.13.